The van der Waals surface area contributed by atoms with Crippen LogP contribution in [-0.4, -0.2) is 36.1 Å². The SMILES string of the molecule is CC1(C)CCCC(N2CCC(NC3CC3)C2)C1. The number of hydrogen-bond acceptors (Lipinski definition) is 2. The van der Waals surface area contributed by atoms with E-state index in [1.807, 2.05) is 0 Å². The van der Waals surface area contributed by atoms with Gasteiger partial charge in [-0.3, -0.25) is 4.90 Å². The maximum atomic E-state index is 3.80. The maximum absolute atomic E-state index is 3.80. The fraction of sp³-hybridized carbons (Fsp3) is 1.00. The lowest BCUT2D eigenvalue weighted by molar-refractivity contribution is 0.112. The summed E-state index contributed by atoms with van der Waals surface area (Å²) in [4.78, 5) is 2.78. The van der Waals surface area contributed by atoms with Crippen LogP contribution in [0.2, 0.25) is 0 Å². The Bertz CT molecular complexity index is 270. The van der Waals surface area contributed by atoms with Gasteiger partial charge in [0.25, 0.3) is 0 Å². The lowest BCUT2D eigenvalue weighted by Gasteiger charge is -2.39. The average Bonchev–Trinajstić information content (AvgIpc) is 2.93. The van der Waals surface area contributed by atoms with Crippen LogP contribution in [0.3, 0.4) is 0 Å². The highest BCUT2D eigenvalue weighted by molar-refractivity contribution is 4.93. The van der Waals surface area contributed by atoms with Crippen molar-refractivity contribution in [2.24, 2.45) is 5.41 Å². The average molecular weight is 236 g/mol. The Hall–Kier alpha value is -0.0800. The van der Waals surface area contributed by atoms with Crippen LogP contribution in [-0.2, 0) is 0 Å². The van der Waals surface area contributed by atoms with E-state index in [0.717, 1.165) is 18.1 Å². The predicted molar refractivity (Wildman–Crippen MR) is 72.2 cm³/mol. The number of nitrogens with zero attached hydrogens (tertiary/aromatic N) is 1. The van der Waals surface area contributed by atoms with Crippen LogP contribution in [0.15, 0.2) is 0 Å². The number of likely N-dealkylation sites (tertiary alicyclic amines) is 1. The van der Waals surface area contributed by atoms with Crippen LogP contribution in [0, 0.1) is 5.41 Å². The molecule has 3 fully saturated rings. The fourth-order valence-electron chi connectivity index (χ4n) is 3.81. The Balaban J connectivity index is 1.51. The van der Waals surface area contributed by atoms with Gasteiger partial charge >= 0.3 is 0 Å². The third-order valence-corrected chi connectivity index (χ3v) is 4.96. The van der Waals surface area contributed by atoms with Crippen LogP contribution in [0.25, 0.3) is 0 Å². The summed E-state index contributed by atoms with van der Waals surface area (Å²) in [5.41, 5.74) is 0.588. The van der Waals surface area contributed by atoms with Gasteiger partial charge in [0.2, 0.25) is 0 Å². The molecule has 0 bridgehead atoms. The lowest BCUT2D eigenvalue weighted by Crippen LogP contribution is -2.42. The van der Waals surface area contributed by atoms with Gasteiger partial charge in [-0.15, -0.1) is 0 Å². The maximum Gasteiger partial charge on any atom is 0.0209 e. The molecule has 0 aromatic rings. The van der Waals surface area contributed by atoms with E-state index < -0.39 is 0 Å². The molecule has 3 aliphatic rings. The molecule has 1 heterocycles. The van der Waals surface area contributed by atoms with Gasteiger partial charge < -0.3 is 5.32 Å². The zero-order valence-corrected chi connectivity index (χ0v) is 11.5. The smallest absolute Gasteiger partial charge is 0.0209 e. The van der Waals surface area contributed by atoms with E-state index in [1.54, 1.807) is 0 Å². The number of hydrogen-bond donors (Lipinski definition) is 1. The zero-order chi connectivity index (χ0) is 11.9. The van der Waals surface area contributed by atoms with Gasteiger partial charge in [-0.1, -0.05) is 20.3 Å². The molecule has 2 aliphatic carbocycles. The minimum atomic E-state index is 0.588. The topological polar surface area (TPSA) is 15.3 Å². The van der Waals surface area contributed by atoms with Crippen molar-refractivity contribution in [2.75, 3.05) is 13.1 Å². The summed E-state index contributed by atoms with van der Waals surface area (Å²) in [5.74, 6) is 0. The van der Waals surface area contributed by atoms with Gasteiger partial charge in [0.1, 0.15) is 0 Å². The van der Waals surface area contributed by atoms with Crippen LogP contribution in [0.5, 0.6) is 0 Å². The minimum absolute atomic E-state index is 0.588. The molecule has 0 radical (unpaired) electrons. The van der Waals surface area contributed by atoms with Crippen LogP contribution < -0.4 is 5.32 Å². The first-order chi connectivity index (χ1) is 8.12. The normalized spacial score (nSPS) is 38.5. The summed E-state index contributed by atoms with van der Waals surface area (Å²) in [6.45, 7) is 7.56. The molecule has 0 amide bonds. The summed E-state index contributed by atoms with van der Waals surface area (Å²) in [6.07, 6.45) is 9.96. The summed E-state index contributed by atoms with van der Waals surface area (Å²) in [5, 5.41) is 3.80. The van der Waals surface area contributed by atoms with Gasteiger partial charge in [0.15, 0.2) is 0 Å². The molecule has 2 saturated carbocycles. The molecule has 98 valence electrons. The van der Waals surface area contributed by atoms with Crippen molar-refractivity contribution in [3.8, 4) is 0 Å². The monoisotopic (exact) mass is 236 g/mol. The molecule has 0 spiro atoms. The summed E-state index contributed by atoms with van der Waals surface area (Å²) in [6, 6.07) is 2.56. The van der Waals surface area contributed by atoms with Crippen LogP contribution in [0.1, 0.15) is 58.8 Å². The molecule has 1 saturated heterocycles. The number of nitrogens with one attached hydrogen (secondary N) is 1. The molecule has 1 N–H and O–H groups in total. The van der Waals surface area contributed by atoms with Crippen molar-refractivity contribution in [1.29, 1.82) is 0 Å². The zero-order valence-electron chi connectivity index (χ0n) is 11.5. The van der Waals surface area contributed by atoms with Crippen LogP contribution in [0.4, 0.5) is 0 Å². The highest BCUT2D eigenvalue weighted by atomic mass is 15.2. The van der Waals surface area contributed by atoms with E-state index in [-0.39, 0.29) is 0 Å². The third-order valence-electron chi connectivity index (χ3n) is 4.96. The van der Waals surface area contributed by atoms with Gasteiger partial charge in [-0.05, 0) is 43.9 Å². The molecule has 3 rings (SSSR count). The van der Waals surface area contributed by atoms with E-state index >= 15 is 0 Å². The quantitative estimate of drug-likeness (QED) is 0.810. The first-order valence-electron chi connectivity index (χ1n) is 7.62. The van der Waals surface area contributed by atoms with Crippen molar-refractivity contribution in [2.45, 2.75) is 76.9 Å². The second kappa shape index (κ2) is 4.55. The molecule has 1 aliphatic heterocycles. The second-order valence-electron chi connectivity index (χ2n) is 7.34. The molecule has 0 aromatic heterocycles. The first kappa shape index (κ1) is 12.0. The van der Waals surface area contributed by atoms with Gasteiger partial charge in [-0.2, -0.15) is 0 Å². The molecule has 2 heteroatoms. The summed E-state index contributed by atoms with van der Waals surface area (Å²) < 4.78 is 0. The third kappa shape index (κ3) is 3.03. The Morgan fingerprint density at radius 2 is 1.88 bits per heavy atom. The Morgan fingerprint density at radius 3 is 2.59 bits per heavy atom. The van der Waals surface area contributed by atoms with Crippen molar-refractivity contribution < 1.29 is 0 Å². The standard InChI is InChI=1S/C15H28N2/c1-15(2)8-3-4-14(10-15)17-9-7-13(11-17)16-12-5-6-12/h12-14,16H,3-11H2,1-2H3. The van der Waals surface area contributed by atoms with Crippen molar-refractivity contribution in [3.63, 3.8) is 0 Å². The van der Waals surface area contributed by atoms with E-state index in [0.29, 0.717) is 5.41 Å². The van der Waals surface area contributed by atoms with E-state index in [9.17, 15) is 0 Å². The molecule has 17 heavy (non-hydrogen) atoms. The Labute approximate surface area is 106 Å². The highest BCUT2D eigenvalue weighted by Gasteiger charge is 2.36. The molecule has 2 unspecified atom stereocenters. The van der Waals surface area contributed by atoms with Gasteiger partial charge in [-0.25, -0.2) is 0 Å². The van der Waals surface area contributed by atoms with Gasteiger partial charge in [0.05, 0.1) is 0 Å². The number of rotatable bonds is 3. The van der Waals surface area contributed by atoms with Crippen molar-refractivity contribution in [3.05, 3.63) is 0 Å². The van der Waals surface area contributed by atoms with Crippen molar-refractivity contribution in [1.82, 2.24) is 10.2 Å². The lowest BCUT2D eigenvalue weighted by atomic mass is 9.75. The Kier molecular flexibility index (Phi) is 3.20. The molecular formula is C15H28N2. The van der Waals surface area contributed by atoms with E-state index in [2.05, 4.69) is 24.1 Å². The second-order valence-corrected chi connectivity index (χ2v) is 7.34. The van der Waals surface area contributed by atoms with Crippen molar-refractivity contribution >= 4 is 0 Å². The van der Waals surface area contributed by atoms with E-state index in [1.165, 1.54) is 58.0 Å². The summed E-state index contributed by atoms with van der Waals surface area (Å²) in [7, 11) is 0. The van der Waals surface area contributed by atoms with Gasteiger partial charge in [0, 0.05) is 31.2 Å². The molecule has 2 nitrogen and oxygen atoms in total. The molecule has 0 aromatic carbocycles. The fourth-order valence-corrected chi connectivity index (χ4v) is 3.81. The van der Waals surface area contributed by atoms with Crippen LogP contribution >= 0.6 is 0 Å². The Morgan fingerprint density at radius 1 is 1.06 bits per heavy atom. The largest absolute Gasteiger partial charge is 0.310 e. The molecule has 2 atom stereocenters. The minimum Gasteiger partial charge on any atom is -0.310 e. The molecular weight excluding hydrogens is 208 g/mol. The first-order valence-corrected chi connectivity index (χ1v) is 7.62. The summed E-state index contributed by atoms with van der Waals surface area (Å²) >= 11 is 0. The van der Waals surface area contributed by atoms with E-state index in [4.69, 9.17) is 0 Å². The predicted octanol–water partition coefficient (Wildman–Crippen LogP) is 2.78. The highest BCUT2D eigenvalue weighted by Crippen LogP contribution is 2.38.